The Hall–Kier alpha value is -1.62. The summed E-state index contributed by atoms with van der Waals surface area (Å²) in [6, 6.07) is 3.32. The van der Waals surface area contributed by atoms with E-state index in [2.05, 4.69) is 10.3 Å². The molecule has 0 fully saturated rings. The van der Waals surface area contributed by atoms with Gasteiger partial charge in [0.1, 0.15) is 0 Å². The first kappa shape index (κ1) is 16.4. The summed E-state index contributed by atoms with van der Waals surface area (Å²) in [6.45, 7) is 9.80. The van der Waals surface area contributed by atoms with Gasteiger partial charge >= 0.3 is 0 Å². The number of hydrogen-bond donors (Lipinski definition) is 2. The minimum absolute atomic E-state index is 0.0455. The van der Waals surface area contributed by atoms with Crippen LogP contribution in [0.4, 0.5) is 0 Å². The van der Waals surface area contributed by atoms with Gasteiger partial charge in [-0.2, -0.15) is 0 Å². The molecule has 1 rings (SSSR count). The third-order valence-electron chi connectivity index (χ3n) is 2.81. The molecule has 1 amide bonds. The van der Waals surface area contributed by atoms with Crippen molar-refractivity contribution >= 4 is 5.91 Å². The van der Waals surface area contributed by atoms with Gasteiger partial charge in [-0.3, -0.25) is 4.79 Å². The van der Waals surface area contributed by atoms with E-state index in [0.29, 0.717) is 11.4 Å². The molecule has 1 aromatic rings. The van der Waals surface area contributed by atoms with Gasteiger partial charge in [0.2, 0.25) is 5.88 Å². The van der Waals surface area contributed by atoms with Crippen LogP contribution in [0.15, 0.2) is 18.3 Å². The smallest absolute Gasteiger partial charge is 0.252 e. The van der Waals surface area contributed by atoms with Gasteiger partial charge in [-0.05, 0) is 25.3 Å². The summed E-state index contributed by atoms with van der Waals surface area (Å²) >= 11 is 0. The zero-order valence-electron chi connectivity index (χ0n) is 12.8. The summed E-state index contributed by atoms with van der Waals surface area (Å²) in [5.41, 5.74) is 0.183. The predicted molar refractivity (Wildman–Crippen MR) is 77.8 cm³/mol. The summed E-state index contributed by atoms with van der Waals surface area (Å²) < 4.78 is 5.41. The van der Waals surface area contributed by atoms with Crippen LogP contribution < -0.4 is 10.1 Å². The van der Waals surface area contributed by atoms with Crippen molar-refractivity contribution in [3.05, 3.63) is 23.9 Å². The highest BCUT2D eigenvalue weighted by Crippen LogP contribution is 2.18. The summed E-state index contributed by atoms with van der Waals surface area (Å²) in [6.07, 6.45) is 0.920. The number of carbonyl (C=O) groups excluding carboxylic acids is 1. The van der Waals surface area contributed by atoms with E-state index >= 15 is 0 Å². The lowest BCUT2D eigenvalue weighted by molar-refractivity contribution is 0.0586. The lowest BCUT2D eigenvalue weighted by atomic mass is 9.89. The van der Waals surface area contributed by atoms with Crippen molar-refractivity contribution in [2.45, 2.75) is 46.8 Å². The number of aromatic nitrogens is 1. The summed E-state index contributed by atoms with van der Waals surface area (Å²) in [7, 11) is 0. The molecule has 20 heavy (non-hydrogen) atoms. The standard InChI is InChI=1S/C15H24N2O3/c1-10(2)20-13-7-6-11(8-16-13)14(19)17-9-12(18)15(3,4)5/h6-8,10,12,18H,9H2,1-5H3,(H,17,19). The number of nitrogens with zero attached hydrogens (tertiary/aromatic N) is 1. The highest BCUT2D eigenvalue weighted by molar-refractivity contribution is 5.93. The molecule has 112 valence electrons. The molecule has 5 nitrogen and oxygen atoms in total. The van der Waals surface area contributed by atoms with E-state index < -0.39 is 6.10 Å². The molecular weight excluding hydrogens is 256 g/mol. The summed E-state index contributed by atoms with van der Waals surface area (Å²) in [5, 5.41) is 12.6. The molecule has 1 unspecified atom stereocenters. The first-order valence-corrected chi connectivity index (χ1v) is 6.79. The fourth-order valence-electron chi connectivity index (χ4n) is 1.42. The molecule has 0 aliphatic carbocycles. The lowest BCUT2D eigenvalue weighted by Crippen LogP contribution is -2.39. The van der Waals surface area contributed by atoms with Gasteiger partial charge in [-0.1, -0.05) is 20.8 Å². The monoisotopic (exact) mass is 280 g/mol. The molecule has 0 aliphatic rings. The Morgan fingerprint density at radius 1 is 1.40 bits per heavy atom. The molecule has 0 radical (unpaired) electrons. The first-order valence-electron chi connectivity index (χ1n) is 6.79. The molecule has 1 atom stereocenters. The maximum atomic E-state index is 11.9. The normalized spacial score (nSPS) is 13.2. The highest BCUT2D eigenvalue weighted by atomic mass is 16.5. The van der Waals surface area contributed by atoms with Gasteiger partial charge in [0.15, 0.2) is 0 Å². The molecule has 0 aromatic carbocycles. The number of aliphatic hydroxyl groups is 1. The van der Waals surface area contributed by atoms with Crippen LogP contribution in [0, 0.1) is 5.41 Å². The Bertz CT molecular complexity index is 435. The van der Waals surface area contributed by atoms with Gasteiger partial charge < -0.3 is 15.2 Å². The van der Waals surface area contributed by atoms with E-state index in [-0.39, 0.29) is 24.0 Å². The summed E-state index contributed by atoms with van der Waals surface area (Å²) in [4.78, 5) is 16.0. The van der Waals surface area contributed by atoms with Crippen LogP contribution in [0.2, 0.25) is 0 Å². The van der Waals surface area contributed by atoms with E-state index in [9.17, 15) is 9.90 Å². The molecule has 5 heteroatoms. The van der Waals surface area contributed by atoms with Crippen LogP contribution in [-0.2, 0) is 0 Å². The van der Waals surface area contributed by atoms with Crippen LogP contribution >= 0.6 is 0 Å². The maximum absolute atomic E-state index is 11.9. The Kier molecular flexibility index (Phi) is 5.51. The lowest BCUT2D eigenvalue weighted by Gasteiger charge is -2.25. The minimum Gasteiger partial charge on any atom is -0.475 e. The van der Waals surface area contributed by atoms with Gasteiger partial charge in [-0.15, -0.1) is 0 Å². The van der Waals surface area contributed by atoms with Crippen molar-refractivity contribution in [2.24, 2.45) is 5.41 Å². The summed E-state index contributed by atoms with van der Waals surface area (Å²) in [5.74, 6) is 0.239. The van der Waals surface area contributed by atoms with Crippen molar-refractivity contribution in [1.82, 2.24) is 10.3 Å². The van der Waals surface area contributed by atoms with E-state index in [1.54, 1.807) is 12.1 Å². The molecule has 1 heterocycles. The number of hydrogen-bond acceptors (Lipinski definition) is 4. The second kappa shape index (κ2) is 6.70. The quantitative estimate of drug-likeness (QED) is 0.865. The van der Waals surface area contributed by atoms with E-state index in [4.69, 9.17) is 4.74 Å². The molecule has 1 aromatic heterocycles. The zero-order valence-corrected chi connectivity index (χ0v) is 12.8. The number of carbonyl (C=O) groups is 1. The first-order chi connectivity index (χ1) is 9.20. The number of nitrogens with one attached hydrogen (secondary N) is 1. The Morgan fingerprint density at radius 3 is 2.50 bits per heavy atom. The topological polar surface area (TPSA) is 71.5 Å². The number of aliphatic hydroxyl groups excluding tert-OH is 1. The van der Waals surface area contributed by atoms with Gasteiger partial charge in [-0.25, -0.2) is 4.98 Å². The number of amides is 1. The van der Waals surface area contributed by atoms with Gasteiger partial charge in [0.05, 0.1) is 17.8 Å². The molecular formula is C15H24N2O3. The second-order valence-corrected chi connectivity index (χ2v) is 6.14. The van der Waals surface area contributed by atoms with Crippen LogP contribution in [0.1, 0.15) is 45.0 Å². The predicted octanol–water partition coefficient (Wildman–Crippen LogP) is 2.01. The molecule has 0 spiro atoms. The fourth-order valence-corrected chi connectivity index (χ4v) is 1.42. The van der Waals surface area contributed by atoms with Crippen LogP contribution in [0.3, 0.4) is 0 Å². The van der Waals surface area contributed by atoms with Crippen LogP contribution in [0.5, 0.6) is 5.88 Å². The minimum atomic E-state index is -0.594. The van der Waals surface area contributed by atoms with Crippen molar-refractivity contribution in [1.29, 1.82) is 0 Å². The SMILES string of the molecule is CC(C)Oc1ccc(C(=O)NCC(O)C(C)(C)C)cn1. The maximum Gasteiger partial charge on any atom is 0.252 e. The van der Waals surface area contributed by atoms with Gasteiger partial charge in [0.25, 0.3) is 5.91 Å². The highest BCUT2D eigenvalue weighted by Gasteiger charge is 2.22. The number of pyridine rings is 1. The zero-order chi connectivity index (χ0) is 15.3. The average molecular weight is 280 g/mol. The van der Waals surface area contributed by atoms with Crippen LogP contribution in [-0.4, -0.2) is 34.8 Å². The third kappa shape index (κ3) is 5.17. The van der Waals surface area contributed by atoms with Crippen molar-refractivity contribution in [2.75, 3.05) is 6.54 Å². The Labute approximate surface area is 120 Å². The Balaban J connectivity index is 2.56. The number of ether oxygens (including phenoxy) is 1. The molecule has 0 aliphatic heterocycles. The average Bonchev–Trinajstić information content (AvgIpc) is 2.34. The molecule has 0 saturated carbocycles. The Morgan fingerprint density at radius 2 is 2.05 bits per heavy atom. The van der Waals surface area contributed by atoms with Crippen molar-refractivity contribution < 1.29 is 14.6 Å². The van der Waals surface area contributed by atoms with Crippen molar-refractivity contribution in [3.8, 4) is 5.88 Å². The van der Waals surface area contributed by atoms with E-state index in [1.807, 2.05) is 34.6 Å². The van der Waals surface area contributed by atoms with E-state index in [0.717, 1.165) is 0 Å². The van der Waals surface area contributed by atoms with Gasteiger partial charge in [0, 0.05) is 18.8 Å². The van der Waals surface area contributed by atoms with Crippen molar-refractivity contribution in [3.63, 3.8) is 0 Å². The molecule has 2 N–H and O–H groups in total. The third-order valence-corrected chi connectivity index (χ3v) is 2.81. The van der Waals surface area contributed by atoms with Crippen LogP contribution in [0.25, 0.3) is 0 Å². The molecule has 0 saturated heterocycles. The fraction of sp³-hybridized carbons (Fsp3) is 0.600. The number of rotatable bonds is 5. The largest absolute Gasteiger partial charge is 0.475 e. The van der Waals surface area contributed by atoms with E-state index in [1.165, 1.54) is 6.20 Å². The second-order valence-electron chi connectivity index (χ2n) is 6.14. The molecule has 0 bridgehead atoms.